The van der Waals surface area contributed by atoms with Gasteiger partial charge in [0.25, 0.3) is 0 Å². The molecular formula is C19H20N2. The first kappa shape index (κ1) is 13.8. The molecule has 2 heteroatoms. The summed E-state index contributed by atoms with van der Waals surface area (Å²) in [6, 6.07) is 19.6. The van der Waals surface area contributed by atoms with Crippen LogP contribution >= 0.6 is 0 Å². The standard InChI is InChI=1S/C19H20N2/c1-13-4-7-15(8-5-13)19(20-3)17-10-11-18-16(12-17)9-6-14(2)21-18/h4-12,19-20H,1-3H3. The normalized spacial score (nSPS) is 12.5. The maximum Gasteiger partial charge on any atom is 0.0705 e. The molecule has 0 bridgehead atoms. The van der Waals surface area contributed by atoms with Crippen LogP contribution in [0.1, 0.15) is 28.4 Å². The highest BCUT2D eigenvalue weighted by Crippen LogP contribution is 2.25. The van der Waals surface area contributed by atoms with Crippen molar-refractivity contribution >= 4 is 10.9 Å². The minimum Gasteiger partial charge on any atom is -0.309 e. The molecule has 1 aromatic heterocycles. The summed E-state index contributed by atoms with van der Waals surface area (Å²) < 4.78 is 0. The van der Waals surface area contributed by atoms with Crippen molar-refractivity contribution in [1.29, 1.82) is 0 Å². The van der Waals surface area contributed by atoms with E-state index < -0.39 is 0 Å². The Labute approximate surface area is 125 Å². The third-order valence-electron chi connectivity index (χ3n) is 3.89. The van der Waals surface area contributed by atoms with Crippen molar-refractivity contribution in [3.8, 4) is 0 Å². The Hall–Kier alpha value is -2.19. The van der Waals surface area contributed by atoms with E-state index in [4.69, 9.17) is 0 Å². The fourth-order valence-corrected chi connectivity index (χ4v) is 2.71. The second kappa shape index (κ2) is 5.66. The summed E-state index contributed by atoms with van der Waals surface area (Å²) in [6.07, 6.45) is 0. The van der Waals surface area contributed by atoms with Crippen molar-refractivity contribution in [2.75, 3.05) is 7.05 Å². The van der Waals surface area contributed by atoms with Crippen molar-refractivity contribution in [2.45, 2.75) is 19.9 Å². The first-order chi connectivity index (χ1) is 10.2. The maximum atomic E-state index is 4.57. The number of pyridine rings is 1. The molecular weight excluding hydrogens is 256 g/mol. The molecule has 106 valence electrons. The van der Waals surface area contributed by atoms with Crippen LogP contribution in [0.2, 0.25) is 0 Å². The Balaban J connectivity index is 2.04. The van der Waals surface area contributed by atoms with Crippen molar-refractivity contribution in [1.82, 2.24) is 10.3 Å². The molecule has 0 saturated heterocycles. The number of aryl methyl sites for hydroxylation is 2. The van der Waals surface area contributed by atoms with Gasteiger partial charge in [0.15, 0.2) is 0 Å². The van der Waals surface area contributed by atoms with Crippen LogP contribution in [0.25, 0.3) is 10.9 Å². The molecule has 0 saturated carbocycles. The van der Waals surface area contributed by atoms with E-state index in [1.807, 2.05) is 14.0 Å². The number of hydrogen-bond donors (Lipinski definition) is 1. The van der Waals surface area contributed by atoms with Gasteiger partial charge in [0.05, 0.1) is 11.6 Å². The fourth-order valence-electron chi connectivity index (χ4n) is 2.71. The van der Waals surface area contributed by atoms with Gasteiger partial charge in [-0.1, -0.05) is 42.0 Å². The van der Waals surface area contributed by atoms with Gasteiger partial charge in [-0.25, -0.2) is 0 Å². The van der Waals surface area contributed by atoms with Gasteiger partial charge >= 0.3 is 0 Å². The van der Waals surface area contributed by atoms with E-state index in [1.165, 1.54) is 22.1 Å². The minimum atomic E-state index is 0.205. The summed E-state index contributed by atoms with van der Waals surface area (Å²) >= 11 is 0. The number of hydrogen-bond acceptors (Lipinski definition) is 2. The summed E-state index contributed by atoms with van der Waals surface area (Å²) in [5.74, 6) is 0. The highest BCUT2D eigenvalue weighted by atomic mass is 14.9. The van der Waals surface area contributed by atoms with Crippen molar-refractivity contribution in [3.63, 3.8) is 0 Å². The molecule has 2 aromatic carbocycles. The van der Waals surface area contributed by atoms with Gasteiger partial charge in [-0.3, -0.25) is 4.98 Å². The summed E-state index contributed by atoms with van der Waals surface area (Å²) in [7, 11) is 2.00. The van der Waals surface area contributed by atoms with Crippen LogP contribution in [-0.2, 0) is 0 Å². The van der Waals surface area contributed by atoms with Crippen molar-refractivity contribution < 1.29 is 0 Å². The van der Waals surface area contributed by atoms with E-state index in [0.29, 0.717) is 0 Å². The topological polar surface area (TPSA) is 24.9 Å². The van der Waals surface area contributed by atoms with Gasteiger partial charge in [-0.15, -0.1) is 0 Å². The average Bonchev–Trinajstić information content (AvgIpc) is 2.50. The van der Waals surface area contributed by atoms with E-state index in [-0.39, 0.29) is 6.04 Å². The second-order valence-corrected chi connectivity index (χ2v) is 5.54. The fraction of sp³-hybridized carbons (Fsp3) is 0.211. The maximum absolute atomic E-state index is 4.57. The van der Waals surface area contributed by atoms with E-state index in [1.54, 1.807) is 0 Å². The van der Waals surface area contributed by atoms with Crippen LogP contribution in [0.4, 0.5) is 0 Å². The molecule has 0 aliphatic carbocycles. The smallest absolute Gasteiger partial charge is 0.0705 e. The zero-order valence-electron chi connectivity index (χ0n) is 12.7. The largest absolute Gasteiger partial charge is 0.309 e. The summed E-state index contributed by atoms with van der Waals surface area (Å²) in [5.41, 5.74) is 5.94. The Bertz CT molecular complexity index is 760. The molecule has 0 radical (unpaired) electrons. The lowest BCUT2D eigenvalue weighted by molar-refractivity contribution is 0.692. The van der Waals surface area contributed by atoms with Crippen LogP contribution < -0.4 is 5.32 Å². The Morgan fingerprint density at radius 2 is 1.57 bits per heavy atom. The van der Waals surface area contributed by atoms with Gasteiger partial charge in [0.1, 0.15) is 0 Å². The van der Waals surface area contributed by atoms with Gasteiger partial charge < -0.3 is 5.32 Å². The van der Waals surface area contributed by atoms with E-state index in [0.717, 1.165) is 11.2 Å². The van der Waals surface area contributed by atoms with E-state index >= 15 is 0 Å². The molecule has 21 heavy (non-hydrogen) atoms. The third-order valence-corrected chi connectivity index (χ3v) is 3.89. The van der Waals surface area contributed by atoms with Gasteiger partial charge in [0.2, 0.25) is 0 Å². The molecule has 0 aliphatic rings. The predicted octanol–water partition coefficient (Wildman–Crippen LogP) is 4.16. The molecule has 3 aromatic rings. The molecule has 1 heterocycles. The molecule has 1 N–H and O–H groups in total. The van der Waals surface area contributed by atoms with Crippen molar-refractivity contribution in [3.05, 3.63) is 77.0 Å². The minimum absolute atomic E-state index is 0.205. The van der Waals surface area contributed by atoms with Crippen LogP contribution in [0.5, 0.6) is 0 Å². The molecule has 0 spiro atoms. The average molecular weight is 276 g/mol. The number of fused-ring (bicyclic) bond motifs is 1. The molecule has 1 unspecified atom stereocenters. The van der Waals surface area contributed by atoms with E-state index in [2.05, 4.69) is 71.8 Å². The third kappa shape index (κ3) is 2.81. The van der Waals surface area contributed by atoms with Gasteiger partial charge in [-0.05, 0) is 50.2 Å². The number of rotatable bonds is 3. The van der Waals surface area contributed by atoms with Crippen LogP contribution in [0, 0.1) is 13.8 Å². The Morgan fingerprint density at radius 3 is 2.29 bits per heavy atom. The lowest BCUT2D eigenvalue weighted by Gasteiger charge is -2.18. The molecule has 0 aliphatic heterocycles. The van der Waals surface area contributed by atoms with Crippen LogP contribution in [-0.4, -0.2) is 12.0 Å². The number of aromatic nitrogens is 1. The van der Waals surface area contributed by atoms with Gasteiger partial charge in [0, 0.05) is 11.1 Å². The molecule has 3 rings (SSSR count). The van der Waals surface area contributed by atoms with Crippen LogP contribution in [0.15, 0.2) is 54.6 Å². The Kier molecular flexibility index (Phi) is 3.72. The summed E-state index contributed by atoms with van der Waals surface area (Å²) in [6.45, 7) is 4.14. The molecule has 2 nitrogen and oxygen atoms in total. The van der Waals surface area contributed by atoms with E-state index in [9.17, 15) is 0 Å². The highest BCUT2D eigenvalue weighted by Gasteiger charge is 2.12. The summed E-state index contributed by atoms with van der Waals surface area (Å²) in [4.78, 5) is 4.57. The Morgan fingerprint density at radius 1 is 0.857 bits per heavy atom. The second-order valence-electron chi connectivity index (χ2n) is 5.54. The highest BCUT2D eigenvalue weighted by molar-refractivity contribution is 5.79. The monoisotopic (exact) mass is 276 g/mol. The lowest BCUT2D eigenvalue weighted by atomic mass is 9.96. The zero-order chi connectivity index (χ0) is 14.8. The number of nitrogens with one attached hydrogen (secondary N) is 1. The molecule has 0 amide bonds. The SMILES string of the molecule is CNC(c1ccc(C)cc1)c1ccc2nc(C)ccc2c1. The first-order valence-corrected chi connectivity index (χ1v) is 7.28. The number of nitrogens with zero attached hydrogens (tertiary/aromatic N) is 1. The van der Waals surface area contributed by atoms with Crippen LogP contribution in [0.3, 0.4) is 0 Å². The zero-order valence-corrected chi connectivity index (χ0v) is 12.7. The molecule has 0 fully saturated rings. The van der Waals surface area contributed by atoms with Gasteiger partial charge in [-0.2, -0.15) is 0 Å². The predicted molar refractivity (Wildman–Crippen MR) is 88.6 cm³/mol. The quantitative estimate of drug-likeness (QED) is 0.777. The summed E-state index contributed by atoms with van der Waals surface area (Å²) in [5, 5.41) is 4.60. The lowest BCUT2D eigenvalue weighted by Crippen LogP contribution is -2.17. The molecule has 1 atom stereocenters. The number of benzene rings is 2. The van der Waals surface area contributed by atoms with Crippen molar-refractivity contribution in [2.24, 2.45) is 0 Å². The first-order valence-electron chi connectivity index (χ1n) is 7.28.